The average molecular weight is 249 g/mol. The Labute approximate surface area is 105 Å². The minimum absolute atomic E-state index is 0.404. The highest BCUT2D eigenvalue weighted by atomic mass is 19.3. The van der Waals surface area contributed by atoms with Crippen molar-refractivity contribution in [1.82, 2.24) is 4.90 Å². The van der Waals surface area contributed by atoms with E-state index in [2.05, 4.69) is 5.92 Å². The lowest BCUT2D eigenvalue weighted by Gasteiger charge is -2.18. The van der Waals surface area contributed by atoms with Crippen molar-refractivity contribution >= 4 is 5.91 Å². The smallest absolute Gasteiger partial charge is 0.337 e. The Morgan fingerprint density at radius 2 is 1.78 bits per heavy atom. The van der Waals surface area contributed by atoms with Crippen molar-refractivity contribution in [3.8, 4) is 11.8 Å². The molecule has 1 fully saturated rings. The Balaban J connectivity index is 2.11. The largest absolute Gasteiger partial charge is 0.385 e. The highest BCUT2D eigenvalue weighted by Gasteiger charge is 2.41. The van der Waals surface area contributed by atoms with Gasteiger partial charge >= 0.3 is 11.8 Å². The van der Waals surface area contributed by atoms with Gasteiger partial charge in [0.15, 0.2) is 0 Å². The number of likely N-dealkylation sites (tertiary alicyclic amines) is 1. The Morgan fingerprint density at radius 1 is 1.17 bits per heavy atom. The molecule has 1 amide bonds. The van der Waals surface area contributed by atoms with Crippen molar-refractivity contribution in [2.45, 2.75) is 18.8 Å². The minimum atomic E-state index is -3.60. The second-order valence-electron chi connectivity index (χ2n) is 4.19. The molecule has 1 aliphatic heterocycles. The summed E-state index contributed by atoms with van der Waals surface area (Å²) in [4.78, 5) is 12.7. The van der Waals surface area contributed by atoms with Crippen LogP contribution in [0.25, 0.3) is 0 Å². The van der Waals surface area contributed by atoms with Gasteiger partial charge in [-0.2, -0.15) is 8.78 Å². The lowest BCUT2D eigenvalue weighted by atomic mass is 10.2. The van der Waals surface area contributed by atoms with Crippen molar-refractivity contribution in [1.29, 1.82) is 0 Å². The van der Waals surface area contributed by atoms with E-state index in [9.17, 15) is 13.6 Å². The van der Waals surface area contributed by atoms with E-state index in [1.165, 1.54) is 4.90 Å². The van der Waals surface area contributed by atoms with E-state index in [-0.39, 0.29) is 0 Å². The monoisotopic (exact) mass is 249 g/mol. The Hall–Kier alpha value is -1.89. The van der Waals surface area contributed by atoms with E-state index < -0.39 is 11.8 Å². The van der Waals surface area contributed by atoms with Gasteiger partial charge in [0.05, 0.1) is 0 Å². The highest BCUT2D eigenvalue weighted by molar-refractivity contribution is 5.87. The summed E-state index contributed by atoms with van der Waals surface area (Å²) in [5, 5.41) is 0. The fourth-order valence-electron chi connectivity index (χ4n) is 1.84. The molecule has 0 aliphatic carbocycles. The second-order valence-corrected chi connectivity index (χ2v) is 4.19. The van der Waals surface area contributed by atoms with Crippen molar-refractivity contribution in [3.63, 3.8) is 0 Å². The van der Waals surface area contributed by atoms with E-state index in [1.54, 1.807) is 36.3 Å². The van der Waals surface area contributed by atoms with Gasteiger partial charge in [0.2, 0.25) is 0 Å². The van der Waals surface area contributed by atoms with Crippen LogP contribution in [0.15, 0.2) is 30.3 Å². The van der Waals surface area contributed by atoms with Crippen molar-refractivity contribution in [2.24, 2.45) is 0 Å². The van der Waals surface area contributed by atoms with Crippen LogP contribution < -0.4 is 0 Å². The molecule has 1 heterocycles. The third-order valence-electron chi connectivity index (χ3n) is 2.80. The number of nitrogens with zero attached hydrogens (tertiary/aromatic N) is 1. The van der Waals surface area contributed by atoms with E-state index in [0.29, 0.717) is 18.7 Å². The van der Waals surface area contributed by atoms with Gasteiger partial charge in [-0.1, -0.05) is 24.1 Å². The van der Waals surface area contributed by atoms with E-state index >= 15 is 0 Å². The number of halogens is 2. The van der Waals surface area contributed by atoms with E-state index in [1.807, 2.05) is 0 Å². The second kappa shape index (κ2) is 5.18. The summed E-state index contributed by atoms with van der Waals surface area (Å²) in [5.74, 6) is -0.655. The third kappa shape index (κ3) is 2.86. The number of rotatable bonds is 1. The fraction of sp³-hybridized carbons (Fsp3) is 0.357. The normalized spacial score (nSPS) is 15.1. The van der Waals surface area contributed by atoms with Crippen LogP contribution in [-0.4, -0.2) is 29.8 Å². The zero-order valence-corrected chi connectivity index (χ0v) is 9.83. The Bertz CT molecular complexity index is 482. The van der Waals surface area contributed by atoms with Gasteiger partial charge in [0, 0.05) is 18.7 Å². The molecule has 2 nitrogen and oxygen atoms in total. The molecular formula is C14H13F2NO. The molecule has 94 valence electrons. The maximum atomic E-state index is 13.6. The first-order valence-electron chi connectivity index (χ1n) is 5.85. The average Bonchev–Trinajstić information content (AvgIpc) is 2.90. The first-order chi connectivity index (χ1) is 8.59. The van der Waals surface area contributed by atoms with Gasteiger partial charge in [0.25, 0.3) is 0 Å². The van der Waals surface area contributed by atoms with Crippen LogP contribution in [-0.2, 0) is 4.79 Å². The molecule has 0 radical (unpaired) electrons. The molecule has 0 unspecified atom stereocenters. The number of benzene rings is 1. The molecule has 4 heteroatoms. The molecule has 1 aromatic rings. The summed E-state index contributed by atoms with van der Waals surface area (Å²) in [7, 11) is 0. The molecular weight excluding hydrogens is 236 g/mol. The van der Waals surface area contributed by atoms with Gasteiger partial charge < -0.3 is 4.90 Å². The molecule has 0 N–H and O–H groups in total. The molecule has 0 bridgehead atoms. The summed E-state index contributed by atoms with van der Waals surface area (Å²) < 4.78 is 27.2. The molecule has 0 aromatic heterocycles. The minimum Gasteiger partial charge on any atom is -0.337 e. The molecule has 1 aliphatic rings. The zero-order valence-electron chi connectivity index (χ0n) is 9.83. The van der Waals surface area contributed by atoms with Crippen molar-refractivity contribution < 1.29 is 13.6 Å². The number of carbonyl (C=O) groups excluding carboxylic acids is 1. The van der Waals surface area contributed by atoms with Gasteiger partial charge in [-0.3, -0.25) is 4.79 Å². The molecule has 2 rings (SSSR count). The number of amides is 1. The lowest BCUT2D eigenvalue weighted by Crippen LogP contribution is -2.41. The highest BCUT2D eigenvalue weighted by Crippen LogP contribution is 2.20. The Kier molecular flexibility index (Phi) is 3.61. The summed E-state index contributed by atoms with van der Waals surface area (Å²) in [6, 6.07) is 8.46. The fourth-order valence-corrected chi connectivity index (χ4v) is 1.84. The lowest BCUT2D eigenvalue weighted by molar-refractivity contribution is -0.148. The van der Waals surface area contributed by atoms with E-state index in [0.717, 1.165) is 12.8 Å². The molecule has 0 saturated carbocycles. The van der Waals surface area contributed by atoms with Crippen LogP contribution in [0.5, 0.6) is 0 Å². The van der Waals surface area contributed by atoms with Gasteiger partial charge in [-0.25, -0.2) is 0 Å². The summed E-state index contributed by atoms with van der Waals surface area (Å²) in [5.41, 5.74) is 0.478. The number of alkyl halides is 2. The van der Waals surface area contributed by atoms with Crippen molar-refractivity contribution in [3.05, 3.63) is 35.9 Å². The van der Waals surface area contributed by atoms with Crippen LogP contribution in [0, 0.1) is 11.8 Å². The van der Waals surface area contributed by atoms with E-state index in [4.69, 9.17) is 0 Å². The van der Waals surface area contributed by atoms with Crippen LogP contribution in [0.4, 0.5) is 8.78 Å². The molecule has 0 spiro atoms. The first kappa shape index (κ1) is 12.6. The quantitative estimate of drug-likeness (QED) is 0.699. The van der Waals surface area contributed by atoms with Crippen LogP contribution >= 0.6 is 0 Å². The maximum absolute atomic E-state index is 13.6. The predicted octanol–water partition coefficient (Wildman–Crippen LogP) is 2.30. The maximum Gasteiger partial charge on any atom is 0.385 e. The number of hydrogen-bond acceptors (Lipinski definition) is 1. The Morgan fingerprint density at radius 3 is 2.39 bits per heavy atom. The summed E-state index contributed by atoms with van der Waals surface area (Å²) >= 11 is 0. The number of carbonyl (C=O) groups is 1. The SMILES string of the molecule is O=C(N1CCCC1)C(F)(F)C#Cc1ccccc1. The summed E-state index contributed by atoms with van der Waals surface area (Å²) in [6.45, 7) is 0.808. The van der Waals surface area contributed by atoms with Gasteiger partial charge in [-0.15, -0.1) is 0 Å². The molecule has 1 aromatic carbocycles. The first-order valence-corrected chi connectivity index (χ1v) is 5.85. The third-order valence-corrected chi connectivity index (χ3v) is 2.80. The van der Waals surface area contributed by atoms with Crippen LogP contribution in [0.1, 0.15) is 18.4 Å². The standard InChI is InChI=1S/C14H13F2NO/c15-14(16,13(18)17-10-4-5-11-17)9-8-12-6-2-1-3-7-12/h1-3,6-7H,4-5,10-11H2. The predicted molar refractivity (Wildman–Crippen MR) is 64.1 cm³/mol. The zero-order chi connectivity index (χ0) is 13.0. The topological polar surface area (TPSA) is 20.3 Å². The molecule has 1 saturated heterocycles. The molecule has 0 atom stereocenters. The van der Waals surface area contributed by atoms with Crippen LogP contribution in [0.2, 0.25) is 0 Å². The van der Waals surface area contributed by atoms with Crippen LogP contribution in [0.3, 0.4) is 0 Å². The summed E-state index contributed by atoms with van der Waals surface area (Å²) in [6.07, 6.45) is 1.57. The number of hydrogen-bond donors (Lipinski definition) is 0. The van der Waals surface area contributed by atoms with Gasteiger partial charge in [-0.05, 0) is 30.9 Å². The molecule has 18 heavy (non-hydrogen) atoms. The van der Waals surface area contributed by atoms with Crippen molar-refractivity contribution in [2.75, 3.05) is 13.1 Å². The van der Waals surface area contributed by atoms with Gasteiger partial charge in [0.1, 0.15) is 0 Å².